The minimum atomic E-state index is -5.00. The summed E-state index contributed by atoms with van der Waals surface area (Å²) in [5.41, 5.74) is 4.11. The molecule has 1 aromatic heterocycles. The van der Waals surface area contributed by atoms with Crippen LogP contribution in [0.3, 0.4) is 0 Å². The van der Waals surface area contributed by atoms with Crippen LogP contribution in [-0.2, 0) is 34.9 Å². The Morgan fingerprint density at radius 3 is 2.21 bits per heavy atom. The number of halogens is 7. The molecule has 4 rings (SSSR count). The van der Waals surface area contributed by atoms with Crippen molar-refractivity contribution in [3.63, 3.8) is 0 Å². The molecule has 0 radical (unpaired) electrons. The van der Waals surface area contributed by atoms with Crippen LogP contribution in [0.2, 0.25) is 0 Å². The Morgan fingerprint density at radius 2 is 1.63 bits per heavy atom. The van der Waals surface area contributed by atoms with Gasteiger partial charge in [0, 0.05) is 19.6 Å². The first-order chi connectivity index (χ1) is 17.9. The zero-order chi connectivity index (χ0) is 27.7. The van der Waals surface area contributed by atoms with Gasteiger partial charge in [-0.2, -0.15) is 41.8 Å². The molecule has 0 amide bonds. The van der Waals surface area contributed by atoms with Crippen molar-refractivity contribution in [2.75, 3.05) is 13.2 Å². The molecule has 0 unspecified atom stereocenters. The SMILES string of the molecule is C[C@@H](O[C@H]1OCCN(Cc2n[nH]nc2CN)[C@H]1c1ccc(F)cc1)c1cc(C(F)(F)F)cc(C(F)(F)F)c1. The van der Waals surface area contributed by atoms with Gasteiger partial charge in [-0.3, -0.25) is 4.90 Å². The second-order valence-corrected chi connectivity index (χ2v) is 8.74. The summed E-state index contributed by atoms with van der Waals surface area (Å²) in [4.78, 5) is 1.89. The van der Waals surface area contributed by atoms with E-state index in [1.54, 1.807) is 0 Å². The maximum absolute atomic E-state index is 13.7. The number of nitrogens with two attached hydrogens (primary N) is 1. The zero-order valence-corrected chi connectivity index (χ0v) is 20.0. The molecule has 0 saturated carbocycles. The number of hydrogen-bond donors (Lipinski definition) is 2. The third-order valence-corrected chi connectivity index (χ3v) is 6.19. The van der Waals surface area contributed by atoms with Gasteiger partial charge in [-0.25, -0.2) is 4.39 Å². The summed E-state index contributed by atoms with van der Waals surface area (Å²) < 4.78 is 106. The number of H-pyrrole nitrogens is 1. The van der Waals surface area contributed by atoms with Gasteiger partial charge in [0.05, 0.1) is 29.9 Å². The number of aromatic amines is 1. The lowest BCUT2D eigenvalue weighted by atomic mass is 10.0. The number of morpholine rings is 1. The number of rotatable bonds is 7. The zero-order valence-electron chi connectivity index (χ0n) is 20.0. The summed E-state index contributed by atoms with van der Waals surface area (Å²) in [5.74, 6) is -0.492. The smallest absolute Gasteiger partial charge is 0.349 e. The Morgan fingerprint density at radius 1 is 1.03 bits per heavy atom. The van der Waals surface area contributed by atoms with E-state index >= 15 is 0 Å². The van der Waals surface area contributed by atoms with Crippen LogP contribution in [0.4, 0.5) is 30.7 Å². The topological polar surface area (TPSA) is 89.3 Å². The minimum absolute atomic E-state index is 0.0589. The summed E-state index contributed by atoms with van der Waals surface area (Å²) in [6, 6.07) is 6.06. The van der Waals surface area contributed by atoms with Crippen molar-refractivity contribution >= 4 is 0 Å². The quantitative estimate of drug-likeness (QED) is 0.400. The van der Waals surface area contributed by atoms with Crippen LogP contribution in [0.15, 0.2) is 42.5 Å². The third-order valence-electron chi connectivity index (χ3n) is 6.19. The van der Waals surface area contributed by atoms with Crippen molar-refractivity contribution in [2.24, 2.45) is 5.73 Å². The van der Waals surface area contributed by atoms with Crippen LogP contribution in [0.25, 0.3) is 0 Å². The minimum Gasteiger partial charge on any atom is -0.349 e. The highest BCUT2D eigenvalue weighted by molar-refractivity contribution is 5.35. The fourth-order valence-corrected chi connectivity index (χ4v) is 4.26. The van der Waals surface area contributed by atoms with Crippen LogP contribution < -0.4 is 5.73 Å². The molecule has 1 fully saturated rings. The van der Waals surface area contributed by atoms with Gasteiger partial charge in [0.25, 0.3) is 0 Å². The van der Waals surface area contributed by atoms with Crippen LogP contribution in [0.5, 0.6) is 0 Å². The fourth-order valence-electron chi connectivity index (χ4n) is 4.26. The second kappa shape index (κ2) is 11.0. The molecule has 1 aliphatic heterocycles. The molecule has 0 aliphatic carbocycles. The van der Waals surface area contributed by atoms with E-state index in [-0.39, 0.29) is 31.3 Å². The predicted molar refractivity (Wildman–Crippen MR) is 120 cm³/mol. The molecule has 14 heteroatoms. The molecule has 1 aliphatic rings. The van der Waals surface area contributed by atoms with Crippen LogP contribution in [-0.4, -0.2) is 39.8 Å². The van der Waals surface area contributed by atoms with Gasteiger partial charge >= 0.3 is 12.4 Å². The van der Waals surface area contributed by atoms with E-state index in [4.69, 9.17) is 15.2 Å². The number of aromatic nitrogens is 3. The highest BCUT2D eigenvalue weighted by Crippen LogP contribution is 2.40. The normalized spacial score (nSPS) is 20.0. The van der Waals surface area contributed by atoms with E-state index in [1.807, 2.05) is 4.90 Å². The Balaban J connectivity index is 1.67. The molecule has 3 atom stereocenters. The van der Waals surface area contributed by atoms with Crippen molar-refractivity contribution in [2.45, 2.75) is 50.8 Å². The largest absolute Gasteiger partial charge is 0.416 e. The van der Waals surface area contributed by atoms with E-state index < -0.39 is 47.7 Å². The van der Waals surface area contributed by atoms with Gasteiger partial charge in [-0.05, 0) is 48.4 Å². The molecule has 206 valence electrons. The Labute approximate surface area is 212 Å². The molecule has 7 nitrogen and oxygen atoms in total. The average molecular weight is 547 g/mol. The predicted octanol–water partition coefficient (Wildman–Crippen LogP) is 5.12. The molecule has 3 N–H and O–H groups in total. The van der Waals surface area contributed by atoms with Gasteiger partial charge < -0.3 is 15.2 Å². The molecule has 38 heavy (non-hydrogen) atoms. The fraction of sp³-hybridized carbons (Fsp3) is 0.417. The average Bonchev–Trinajstić information content (AvgIpc) is 3.31. The lowest BCUT2D eigenvalue weighted by Gasteiger charge is -2.41. The van der Waals surface area contributed by atoms with Crippen LogP contribution >= 0.6 is 0 Å². The van der Waals surface area contributed by atoms with Gasteiger partial charge in [0.2, 0.25) is 0 Å². The summed E-state index contributed by atoms with van der Waals surface area (Å²) in [6.45, 7) is 2.19. The molecule has 1 saturated heterocycles. The highest BCUT2D eigenvalue weighted by atomic mass is 19.4. The summed E-state index contributed by atoms with van der Waals surface area (Å²) in [5, 5.41) is 10.6. The molecular weight excluding hydrogens is 523 g/mol. The third kappa shape index (κ3) is 6.31. The Hall–Kier alpha value is -3.07. The number of benzene rings is 2. The maximum Gasteiger partial charge on any atom is 0.416 e. The molecule has 2 aromatic carbocycles. The Bertz CT molecular complexity index is 1200. The van der Waals surface area contributed by atoms with E-state index in [0.29, 0.717) is 35.6 Å². The van der Waals surface area contributed by atoms with E-state index in [1.165, 1.54) is 31.2 Å². The number of nitrogens with one attached hydrogen (secondary N) is 1. The number of ether oxygens (including phenoxy) is 2. The standard InChI is InChI=1S/C24H24F7N5O2/c1-13(15-8-16(23(26,27)28)10-17(9-15)24(29,30)31)38-22-21(14-2-4-18(25)5-3-14)36(6-7-37-22)12-20-19(11-32)33-35-34-20/h2-5,8-10,13,21-22H,6-7,11-12,32H2,1H3,(H,33,34,35)/t13-,21+,22-/m1/s1. The van der Waals surface area contributed by atoms with E-state index in [0.717, 1.165) is 0 Å². The molecule has 0 spiro atoms. The highest BCUT2D eigenvalue weighted by Gasteiger charge is 2.39. The molecule has 3 aromatic rings. The van der Waals surface area contributed by atoms with Gasteiger partial charge in [-0.1, -0.05) is 12.1 Å². The van der Waals surface area contributed by atoms with Crippen molar-refractivity contribution < 1.29 is 40.2 Å². The van der Waals surface area contributed by atoms with E-state index in [2.05, 4.69) is 15.4 Å². The number of hydrogen-bond acceptors (Lipinski definition) is 6. The molecule has 0 bridgehead atoms. The first-order valence-electron chi connectivity index (χ1n) is 11.5. The summed E-state index contributed by atoms with van der Waals surface area (Å²) in [7, 11) is 0. The van der Waals surface area contributed by atoms with Crippen LogP contribution in [0.1, 0.15) is 52.7 Å². The van der Waals surface area contributed by atoms with Gasteiger partial charge in [0.1, 0.15) is 17.2 Å². The van der Waals surface area contributed by atoms with E-state index in [9.17, 15) is 30.7 Å². The van der Waals surface area contributed by atoms with Crippen molar-refractivity contribution in [1.29, 1.82) is 0 Å². The van der Waals surface area contributed by atoms with Crippen molar-refractivity contribution in [3.8, 4) is 0 Å². The molecule has 2 heterocycles. The molecular formula is C24H24F7N5O2. The lowest BCUT2D eigenvalue weighted by molar-refractivity contribution is -0.231. The first-order valence-corrected chi connectivity index (χ1v) is 11.5. The monoisotopic (exact) mass is 547 g/mol. The number of nitrogens with zero attached hydrogens (tertiary/aromatic N) is 3. The lowest BCUT2D eigenvalue weighted by Crippen LogP contribution is -2.46. The van der Waals surface area contributed by atoms with Crippen molar-refractivity contribution in [1.82, 2.24) is 20.3 Å². The van der Waals surface area contributed by atoms with Gasteiger partial charge in [-0.15, -0.1) is 0 Å². The van der Waals surface area contributed by atoms with Crippen molar-refractivity contribution in [3.05, 3.63) is 81.9 Å². The van der Waals surface area contributed by atoms with Crippen LogP contribution in [0, 0.1) is 5.82 Å². The van der Waals surface area contributed by atoms with Gasteiger partial charge in [0.15, 0.2) is 6.29 Å². The maximum atomic E-state index is 13.7. The summed E-state index contributed by atoms with van der Waals surface area (Å²) >= 11 is 0. The Kier molecular flexibility index (Phi) is 8.06. The number of alkyl halides is 6. The second-order valence-electron chi connectivity index (χ2n) is 8.74. The first kappa shape index (κ1) is 28.0. The summed E-state index contributed by atoms with van der Waals surface area (Å²) in [6.07, 6.45) is -12.3.